The molecule has 0 saturated carbocycles. The number of aromatic nitrogens is 3. The van der Waals surface area contributed by atoms with Crippen molar-refractivity contribution < 1.29 is 22.1 Å². The van der Waals surface area contributed by atoms with E-state index in [1.807, 2.05) is 26.0 Å². The number of aryl methyl sites for hydroxylation is 2. The van der Waals surface area contributed by atoms with Crippen molar-refractivity contribution in [3.05, 3.63) is 64.1 Å². The van der Waals surface area contributed by atoms with Crippen LogP contribution in [0.25, 0.3) is 33.1 Å². The van der Waals surface area contributed by atoms with Gasteiger partial charge in [-0.05, 0) is 45.4 Å². The highest BCUT2D eigenvalue weighted by atomic mass is 32.2. The second-order valence-electron chi connectivity index (χ2n) is 8.58. The van der Waals surface area contributed by atoms with Crippen LogP contribution in [0.1, 0.15) is 31.3 Å². The van der Waals surface area contributed by atoms with Crippen LogP contribution in [0.15, 0.2) is 55.9 Å². The first-order valence-electron chi connectivity index (χ1n) is 11.0. The normalized spacial score (nSPS) is 16.7. The van der Waals surface area contributed by atoms with E-state index in [9.17, 15) is 13.2 Å². The van der Waals surface area contributed by atoms with Crippen molar-refractivity contribution in [2.75, 3.05) is 7.11 Å². The van der Waals surface area contributed by atoms with Crippen molar-refractivity contribution in [1.29, 1.82) is 0 Å². The molecule has 0 amide bonds. The smallest absolute Gasteiger partial charge is 0.420 e. The zero-order chi connectivity index (χ0) is 25.0. The molecule has 0 spiro atoms. The number of hydrogen-bond donors (Lipinski definition) is 0. The van der Waals surface area contributed by atoms with E-state index in [1.165, 1.54) is 10.8 Å². The van der Waals surface area contributed by atoms with Gasteiger partial charge in [-0.15, -0.1) is 0 Å². The Morgan fingerprint density at radius 1 is 1.20 bits per heavy atom. The molecule has 0 radical (unpaired) electrons. The van der Waals surface area contributed by atoms with E-state index >= 15 is 0 Å². The summed E-state index contributed by atoms with van der Waals surface area (Å²) in [4.78, 5) is 17.8. The highest BCUT2D eigenvalue weighted by molar-refractivity contribution is 7.73. The van der Waals surface area contributed by atoms with Crippen LogP contribution in [0.2, 0.25) is 0 Å². The van der Waals surface area contributed by atoms with Crippen molar-refractivity contribution in [1.82, 2.24) is 14.7 Å². The van der Waals surface area contributed by atoms with Gasteiger partial charge in [0.2, 0.25) is 10.3 Å². The highest BCUT2D eigenvalue weighted by Crippen LogP contribution is 2.39. The van der Waals surface area contributed by atoms with Gasteiger partial charge in [-0.2, -0.15) is 8.42 Å². The van der Waals surface area contributed by atoms with Crippen LogP contribution >= 0.6 is 0 Å². The molecule has 0 N–H and O–H groups in total. The third kappa shape index (κ3) is 3.52. The van der Waals surface area contributed by atoms with Gasteiger partial charge in [-0.25, -0.2) is 4.79 Å². The average molecular weight is 494 g/mol. The Morgan fingerprint density at radius 3 is 2.63 bits per heavy atom. The van der Waals surface area contributed by atoms with E-state index in [2.05, 4.69) is 10.1 Å². The Bertz CT molecular complexity index is 1740. The third-order valence-electron chi connectivity index (χ3n) is 6.53. The maximum Gasteiger partial charge on any atom is 0.420 e. The lowest BCUT2D eigenvalue weighted by Gasteiger charge is -2.24. The molecule has 0 saturated heterocycles. The lowest BCUT2D eigenvalue weighted by molar-refractivity contribution is 0.393. The van der Waals surface area contributed by atoms with Crippen LogP contribution in [0.3, 0.4) is 0 Å². The van der Waals surface area contributed by atoms with Crippen molar-refractivity contribution in [2.24, 2.45) is 5.92 Å². The predicted octanol–water partition coefficient (Wildman–Crippen LogP) is 4.17. The summed E-state index contributed by atoms with van der Waals surface area (Å²) in [6.07, 6.45) is 6.83. The lowest BCUT2D eigenvalue weighted by atomic mass is 9.89. The Kier molecular flexibility index (Phi) is 5.47. The molecular weight excluding hydrogens is 470 g/mol. The topological polar surface area (TPSA) is 117 Å². The molecular formula is C25H23N3O6S. The second kappa shape index (κ2) is 8.38. The van der Waals surface area contributed by atoms with Gasteiger partial charge in [0, 0.05) is 22.9 Å². The molecule has 9 nitrogen and oxygen atoms in total. The first-order chi connectivity index (χ1) is 16.7. The molecule has 1 aliphatic rings. The minimum absolute atomic E-state index is 0.248. The second-order valence-corrected chi connectivity index (χ2v) is 9.49. The minimum atomic E-state index is -2.44. The van der Waals surface area contributed by atoms with Crippen LogP contribution in [0.4, 0.5) is 0 Å². The van der Waals surface area contributed by atoms with Gasteiger partial charge in [0.15, 0.2) is 5.58 Å². The zero-order valence-corrected chi connectivity index (χ0v) is 20.6. The van der Waals surface area contributed by atoms with Gasteiger partial charge in [0.1, 0.15) is 17.0 Å². The minimum Gasteiger partial charge on any atom is -0.496 e. The Labute approximate surface area is 201 Å². The molecule has 3 aromatic heterocycles. The predicted molar refractivity (Wildman–Crippen MR) is 132 cm³/mol. The van der Waals surface area contributed by atoms with Gasteiger partial charge in [0.05, 0.1) is 34.9 Å². The molecule has 3 heterocycles. The molecule has 5 rings (SSSR count). The molecule has 180 valence electrons. The molecule has 0 bridgehead atoms. The highest BCUT2D eigenvalue weighted by Gasteiger charge is 2.30. The standard InChI is InChI=1S/C25H23N3O6S/c1-12-7-6-8-16(24(12)35(30)31)14(3)28-23-17-10-20(32-5)18(22-13(2)27-34-15(22)4)9-19(17)26-11-21(23)33-25(28)29/h6-11,14,16H,1-5H3/t14-,16?/m1/s1. The molecule has 1 unspecified atom stereocenters. The van der Waals surface area contributed by atoms with Crippen LogP contribution < -0.4 is 10.5 Å². The summed E-state index contributed by atoms with van der Waals surface area (Å²) < 4.78 is 42.1. The number of ether oxygens (including phenoxy) is 1. The molecule has 0 fully saturated rings. The number of hydrogen-bond acceptors (Lipinski definition) is 8. The fourth-order valence-electron chi connectivity index (χ4n) is 4.88. The summed E-state index contributed by atoms with van der Waals surface area (Å²) in [5.41, 5.74) is 4.37. The SMILES string of the molecule is COc1cc2c(cc1-c1c(C)noc1C)ncc1oc(=O)n([C@H](C)C3C=CC=C(C)C3=S(=O)=O)c12. The maximum absolute atomic E-state index is 13.0. The molecule has 10 heteroatoms. The summed E-state index contributed by atoms with van der Waals surface area (Å²) in [6, 6.07) is 3.13. The van der Waals surface area contributed by atoms with Gasteiger partial charge in [-0.3, -0.25) is 9.55 Å². The van der Waals surface area contributed by atoms with E-state index in [-0.39, 0.29) is 4.86 Å². The Balaban J connectivity index is 1.79. The lowest BCUT2D eigenvalue weighted by Crippen LogP contribution is -2.30. The molecule has 0 aliphatic heterocycles. The fraction of sp³-hybridized carbons (Fsp3) is 0.280. The van der Waals surface area contributed by atoms with Gasteiger partial charge in [-0.1, -0.05) is 23.4 Å². The fourth-order valence-corrected chi connectivity index (χ4v) is 5.71. The molecule has 1 aromatic carbocycles. The van der Waals surface area contributed by atoms with E-state index in [0.717, 1.165) is 16.8 Å². The van der Waals surface area contributed by atoms with Crippen molar-refractivity contribution >= 4 is 37.2 Å². The van der Waals surface area contributed by atoms with E-state index in [4.69, 9.17) is 13.7 Å². The summed E-state index contributed by atoms with van der Waals surface area (Å²) in [7, 11) is -0.874. The van der Waals surface area contributed by atoms with Gasteiger partial charge >= 0.3 is 5.76 Å². The largest absolute Gasteiger partial charge is 0.496 e. The summed E-state index contributed by atoms with van der Waals surface area (Å²) in [5.74, 6) is 0.0743. The van der Waals surface area contributed by atoms with Crippen molar-refractivity contribution in [3.8, 4) is 16.9 Å². The molecule has 2 atom stereocenters. The van der Waals surface area contributed by atoms with Crippen molar-refractivity contribution in [3.63, 3.8) is 0 Å². The number of rotatable bonds is 4. The van der Waals surface area contributed by atoms with Crippen LogP contribution in [-0.2, 0) is 10.3 Å². The monoisotopic (exact) mass is 493 g/mol. The summed E-state index contributed by atoms with van der Waals surface area (Å²) >= 11 is 0. The molecule has 35 heavy (non-hydrogen) atoms. The first kappa shape index (κ1) is 22.9. The number of benzene rings is 1. The third-order valence-corrected chi connectivity index (χ3v) is 7.48. The number of fused-ring (bicyclic) bond motifs is 3. The van der Waals surface area contributed by atoms with E-state index in [0.29, 0.717) is 39.1 Å². The van der Waals surface area contributed by atoms with Crippen LogP contribution in [-0.4, -0.2) is 35.1 Å². The molecule has 4 aromatic rings. The van der Waals surface area contributed by atoms with Gasteiger partial charge < -0.3 is 13.7 Å². The van der Waals surface area contributed by atoms with E-state index in [1.54, 1.807) is 39.2 Å². The Morgan fingerprint density at radius 2 is 1.97 bits per heavy atom. The summed E-state index contributed by atoms with van der Waals surface area (Å²) in [5, 5.41) is 4.69. The first-order valence-corrected chi connectivity index (χ1v) is 12.1. The maximum atomic E-state index is 13.0. The van der Waals surface area contributed by atoms with Crippen LogP contribution in [0.5, 0.6) is 5.75 Å². The number of allylic oxidation sites excluding steroid dienone is 4. The van der Waals surface area contributed by atoms with Crippen LogP contribution in [0, 0.1) is 19.8 Å². The quantitative estimate of drug-likeness (QED) is 0.389. The Hall–Kier alpha value is -3.92. The van der Waals surface area contributed by atoms with Crippen molar-refractivity contribution in [2.45, 2.75) is 33.7 Å². The number of nitrogens with zero attached hydrogens (tertiary/aromatic N) is 3. The number of oxazole rings is 1. The zero-order valence-electron chi connectivity index (χ0n) is 19.8. The molecule has 1 aliphatic carbocycles. The average Bonchev–Trinajstić information content (AvgIpc) is 3.34. The summed E-state index contributed by atoms with van der Waals surface area (Å²) in [6.45, 7) is 7.22. The van der Waals surface area contributed by atoms with Gasteiger partial charge in [0.25, 0.3) is 0 Å². The number of pyridine rings is 1. The van der Waals surface area contributed by atoms with E-state index < -0.39 is 28.0 Å². The number of methoxy groups -OCH3 is 1.